The summed E-state index contributed by atoms with van der Waals surface area (Å²) in [5, 5.41) is 3.89. The largest absolute Gasteiger partial charge is 0.490 e. The molecule has 0 radical (unpaired) electrons. The van der Waals surface area contributed by atoms with Crippen molar-refractivity contribution >= 4 is 40.2 Å². The molecule has 9 nitrogen and oxygen atoms in total. The molecule has 0 atom stereocenters. The maximum Gasteiger partial charge on any atom is 0.262 e. The zero-order valence-corrected chi connectivity index (χ0v) is 20.1. The number of nitrogens with one attached hydrogen (secondary N) is 1. The third kappa shape index (κ3) is 6.54. The van der Waals surface area contributed by atoms with Crippen LogP contribution in [0.4, 0.5) is 5.69 Å². The van der Waals surface area contributed by atoms with Crippen molar-refractivity contribution in [2.24, 2.45) is 5.73 Å². The molecule has 1 aromatic heterocycles. The van der Waals surface area contributed by atoms with Gasteiger partial charge in [0.1, 0.15) is 0 Å². The fourth-order valence-electron chi connectivity index (χ4n) is 3.77. The Labute approximate surface area is 207 Å². The van der Waals surface area contributed by atoms with Gasteiger partial charge in [-0.3, -0.25) is 19.0 Å². The molecular formula is C25H28N4O5S. The molecule has 10 heteroatoms. The number of thioether (sulfide) groups is 1. The van der Waals surface area contributed by atoms with Crippen LogP contribution in [0.25, 0.3) is 10.9 Å². The first-order chi connectivity index (χ1) is 17.0. The Balaban J connectivity index is 1.44. The summed E-state index contributed by atoms with van der Waals surface area (Å²) < 4.78 is 12.9. The first-order valence-corrected chi connectivity index (χ1v) is 12.6. The lowest BCUT2D eigenvalue weighted by atomic mass is 10.2. The zero-order chi connectivity index (χ0) is 24.6. The highest BCUT2D eigenvalue weighted by Gasteiger charge is 2.15. The van der Waals surface area contributed by atoms with Crippen LogP contribution in [-0.2, 0) is 16.1 Å². The van der Waals surface area contributed by atoms with E-state index in [0.717, 1.165) is 12.8 Å². The summed E-state index contributed by atoms with van der Waals surface area (Å²) in [4.78, 5) is 41.4. The average Bonchev–Trinajstić information content (AvgIpc) is 3.09. The van der Waals surface area contributed by atoms with Crippen molar-refractivity contribution in [1.82, 2.24) is 9.55 Å². The van der Waals surface area contributed by atoms with Crippen LogP contribution in [0.2, 0.25) is 0 Å². The number of carbonyl (C=O) groups is 2. The number of carbonyl (C=O) groups excluding carboxylic acids is 2. The molecule has 2 aromatic carbocycles. The lowest BCUT2D eigenvalue weighted by Gasteiger charge is -2.13. The lowest BCUT2D eigenvalue weighted by Crippen LogP contribution is -2.24. The number of anilines is 1. The quantitative estimate of drug-likeness (QED) is 0.250. The summed E-state index contributed by atoms with van der Waals surface area (Å²) in [6.45, 7) is 1.61. The topological polar surface area (TPSA) is 126 Å². The Kier molecular flexibility index (Phi) is 8.25. The number of nitrogens with zero attached hydrogens (tertiary/aromatic N) is 2. The fraction of sp³-hybridized carbons (Fsp3) is 0.360. The van der Waals surface area contributed by atoms with Gasteiger partial charge in [-0.05, 0) is 37.1 Å². The summed E-state index contributed by atoms with van der Waals surface area (Å²) >= 11 is 1.21. The van der Waals surface area contributed by atoms with Crippen molar-refractivity contribution in [3.63, 3.8) is 0 Å². The average molecular weight is 497 g/mol. The van der Waals surface area contributed by atoms with Crippen LogP contribution < -0.4 is 26.1 Å². The van der Waals surface area contributed by atoms with Gasteiger partial charge < -0.3 is 20.5 Å². The summed E-state index contributed by atoms with van der Waals surface area (Å²) in [6.07, 6.45) is 3.26. The van der Waals surface area contributed by atoms with E-state index in [-0.39, 0.29) is 23.1 Å². The van der Waals surface area contributed by atoms with E-state index in [0.29, 0.717) is 72.3 Å². The molecule has 184 valence electrons. The van der Waals surface area contributed by atoms with Crippen molar-refractivity contribution in [3.8, 4) is 11.5 Å². The molecule has 3 aromatic rings. The molecule has 0 spiro atoms. The summed E-state index contributed by atoms with van der Waals surface area (Å²) in [5.74, 6) is 0.802. The van der Waals surface area contributed by atoms with Crippen molar-refractivity contribution in [3.05, 3.63) is 52.8 Å². The lowest BCUT2D eigenvalue weighted by molar-refractivity contribution is -0.118. The number of aromatic nitrogens is 2. The highest BCUT2D eigenvalue weighted by Crippen LogP contribution is 2.32. The summed E-state index contributed by atoms with van der Waals surface area (Å²) in [5.41, 5.74) is 6.26. The zero-order valence-electron chi connectivity index (χ0n) is 19.3. The van der Waals surface area contributed by atoms with Gasteiger partial charge in [0, 0.05) is 31.1 Å². The van der Waals surface area contributed by atoms with Gasteiger partial charge in [0.2, 0.25) is 11.8 Å². The Morgan fingerprint density at radius 2 is 1.86 bits per heavy atom. The highest BCUT2D eigenvalue weighted by molar-refractivity contribution is 7.99. The number of primary amides is 1. The van der Waals surface area contributed by atoms with Crippen molar-refractivity contribution in [2.75, 3.05) is 24.3 Å². The number of fused-ring (bicyclic) bond motifs is 2. The van der Waals surface area contributed by atoms with E-state index in [9.17, 15) is 14.4 Å². The molecule has 35 heavy (non-hydrogen) atoms. The SMILES string of the molecule is NC(=O)CCCCCn1c(SCC(=O)Nc2ccc3c(c2)OCCCO3)nc2ccccc2c1=O. The second-order valence-electron chi connectivity index (χ2n) is 8.19. The van der Waals surface area contributed by atoms with E-state index in [4.69, 9.17) is 15.2 Å². The van der Waals surface area contributed by atoms with Crippen LogP contribution in [-0.4, -0.2) is 40.3 Å². The van der Waals surface area contributed by atoms with Gasteiger partial charge >= 0.3 is 0 Å². The number of rotatable bonds is 10. The minimum absolute atomic E-state index is 0.0842. The van der Waals surface area contributed by atoms with Gasteiger partial charge in [-0.1, -0.05) is 30.3 Å². The number of nitrogens with two attached hydrogens (primary N) is 1. The van der Waals surface area contributed by atoms with Gasteiger partial charge in [0.05, 0.1) is 29.9 Å². The first-order valence-electron chi connectivity index (χ1n) is 11.6. The van der Waals surface area contributed by atoms with Gasteiger partial charge in [-0.15, -0.1) is 0 Å². The second-order valence-corrected chi connectivity index (χ2v) is 9.14. The molecule has 1 aliphatic heterocycles. The molecule has 0 fully saturated rings. The Bertz CT molecular complexity index is 1280. The second kappa shape index (κ2) is 11.7. The number of ether oxygens (including phenoxy) is 2. The van der Waals surface area contributed by atoms with Crippen LogP contribution in [0.15, 0.2) is 52.4 Å². The van der Waals surface area contributed by atoms with Crippen LogP contribution in [0.5, 0.6) is 11.5 Å². The Morgan fingerprint density at radius 3 is 2.69 bits per heavy atom. The molecule has 2 heterocycles. The van der Waals surface area contributed by atoms with Crippen LogP contribution in [0.3, 0.4) is 0 Å². The van der Waals surface area contributed by atoms with Gasteiger partial charge in [0.15, 0.2) is 16.7 Å². The molecule has 2 amide bonds. The van der Waals surface area contributed by atoms with E-state index in [2.05, 4.69) is 10.3 Å². The highest BCUT2D eigenvalue weighted by atomic mass is 32.2. The number of unbranched alkanes of at least 4 members (excludes halogenated alkanes) is 2. The molecular weight excluding hydrogens is 468 g/mol. The van der Waals surface area contributed by atoms with Crippen LogP contribution in [0, 0.1) is 0 Å². The predicted octanol–water partition coefficient (Wildman–Crippen LogP) is 3.33. The van der Waals surface area contributed by atoms with Crippen molar-refractivity contribution in [2.45, 2.75) is 43.8 Å². The summed E-state index contributed by atoms with van der Waals surface area (Å²) in [6, 6.07) is 12.5. The Hall–Kier alpha value is -3.53. The first kappa shape index (κ1) is 24.6. The predicted molar refractivity (Wildman–Crippen MR) is 135 cm³/mol. The van der Waals surface area contributed by atoms with E-state index in [1.54, 1.807) is 41.0 Å². The van der Waals surface area contributed by atoms with E-state index >= 15 is 0 Å². The maximum atomic E-state index is 13.1. The standard InChI is InChI=1S/C25H28N4O5S/c26-22(30)9-2-1-5-12-29-24(32)18-7-3-4-8-19(18)28-25(29)35-16-23(31)27-17-10-11-20-21(15-17)34-14-6-13-33-20/h3-4,7-8,10-11,15H,1-2,5-6,9,12-14,16H2,(H2,26,30)(H,27,31). The van der Waals surface area contributed by atoms with E-state index < -0.39 is 0 Å². The minimum atomic E-state index is -0.328. The van der Waals surface area contributed by atoms with Crippen LogP contribution >= 0.6 is 11.8 Å². The number of hydrogen-bond acceptors (Lipinski definition) is 7. The third-order valence-corrected chi connectivity index (χ3v) is 6.47. The third-order valence-electron chi connectivity index (χ3n) is 5.50. The van der Waals surface area contributed by atoms with Crippen molar-refractivity contribution < 1.29 is 19.1 Å². The molecule has 0 saturated heterocycles. The smallest absolute Gasteiger partial charge is 0.262 e. The Morgan fingerprint density at radius 1 is 1.06 bits per heavy atom. The number of benzene rings is 2. The van der Waals surface area contributed by atoms with Crippen molar-refractivity contribution in [1.29, 1.82) is 0 Å². The van der Waals surface area contributed by atoms with Gasteiger partial charge in [-0.2, -0.15) is 0 Å². The molecule has 3 N–H and O–H groups in total. The van der Waals surface area contributed by atoms with E-state index in [1.165, 1.54) is 11.8 Å². The molecule has 1 aliphatic rings. The molecule has 0 aliphatic carbocycles. The maximum absolute atomic E-state index is 13.1. The molecule has 0 saturated carbocycles. The molecule has 0 bridgehead atoms. The van der Waals surface area contributed by atoms with E-state index in [1.807, 2.05) is 6.07 Å². The van der Waals surface area contributed by atoms with Gasteiger partial charge in [-0.25, -0.2) is 4.98 Å². The number of amides is 2. The normalized spacial score (nSPS) is 12.8. The molecule has 0 unspecified atom stereocenters. The summed E-state index contributed by atoms with van der Waals surface area (Å²) in [7, 11) is 0. The number of hydrogen-bond donors (Lipinski definition) is 2. The molecule has 4 rings (SSSR count). The minimum Gasteiger partial charge on any atom is -0.490 e. The number of para-hydroxylation sites is 1. The monoisotopic (exact) mass is 496 g/mol. The van der Waals surface area contributed by atoms with Crippen LogP contribution in [0.1, 0.15) is 32.1 Å². The fourth-order valence-corrected chi connectivity index (χ4v) is 4.59. The van der Waals surface area contributed by atoms with Gasteiger partial charge in [0.25, 0.3) is 5.56 Å².